The summed E-state index contributed by atoms with van der Waals surface area (Å²) in [5.41, 5.74) is 0. The van der Waals surface area contributed by atoms with Crippen molar-refractivity contribution in [2.75, 3.05) is 6.61 Å². The van der Waals surface area contributed by atoms with Crippen molar-refractivity contribution >= 4 is 11.9 Å². The molecule has 0 radical (unpaired) electrons. The molecule has 5 heteroatoms. The van der Waals surface area contributed by atoms with Gasteiger partial charge < -0.3 is 15.2 Å². The number of rotatable bonds is 5. The molecule has 1 heterocycles. The maximum absolute atomic E-state index is 11.6. The number of carbonyl (C=O) groups excluding carboxylic acids is 1. The highest BCUT2D eigenvalue weighted by atomic mass is 16.5. The number of carboxylic acid groups (broad SMARTS) is 1. The van der Waals surface area contributed by atoms with Gasteiger partial charge in [-0.25, -0.2) is 4.79 Å². The second kappa shape index (κ2) is 4.82. The van der Waals surface area contributed by atoms with Crippen LogP contribution in [0.2, 0.25) is 0 Å². The summed E-state index contributed by atoms with van der Waals surface area (Å²) in [5, 5.41) is 11.5. The third-order valence-corrected chi connectivity index (χ3v) is 3.11. The molecule has 1 amide bonds. The number of carbonyl (C=O) groups is 2. The van der Waals surface area contributed by atoms with Gasteiger partial charge in [-0.2, -0.15) is 0 Å². The largest absolute Gasteiger partial charge is 0.480 e. The van der Waals surface area contributed by atoms with Gasteiger partial charge in [0.05, 0.1) is 12.5 Å². The van der Waals surface area contributed by atoms with Crippen LogP contribution in [0.1, 0.15) is 32.1 Å². The monoisotopic (exact) mass is 227 g/mol. The predicted molar refractivity (Wildman–Crippen MR) is 55.9 cm³/mol. The number of nitrogens with one attached hydrogen (secondary N) is 1. The van der Waals surface area contributed by atoms with Gasteiger partial charge in [0.2, 0.25) is 5.91 Å². The SMILES string of the molecule is O=C(CC1CCCO1)NC(C(=O)O)C1CC1. The van der Waals surface area contributed by atoms with Gasteiger partial charge >= 0.3 is 5.97 Å². The van der Waals surface area contributed by atoms with Crippen LogP contribution in [-0.4, -0.2) is 35.7 Å². The average molecular weight is 227 g/mol. The molecule has 0 spiro atoms. The van der Waals surface area contributed by atoms with Gasteiger partial charge in [-0.05, 0) is 31.6 Å². The number of amides is 1. The van der Waals surface area contributed by atoms with Crippen LogP contribution in [0.25, 0.3) is 0 Å². The van der Waals surface area contributed by atoms with Crippen molar-refractivity contribution in [2.24, 2.45) is 5.92 Å². The minimum atomic E-state index is -0.928. The second-order valence-electron chi connectivity index (χ2n) is 4.56. The summed E-state index contributed by atoms with van der Waals surface area (Å²) in [7, 11) is 0. The third-order valence-electron chi connectivity index (χ3n) is 3.11. The molecule has 1 saturated carbocycles. The Morgan fingerprint density at radius 3 is 2.62 bits per heavy atom. The van der Waals surface area contributed by atoms with E-state index < -0.39 is 12.0 Å². The molecule has 2 atom stereocenters. The molecule has 2 aliphatic rings. The molecule has 0 aromatic heterocycles. The molecule has 16 heavy (non-hydrogen) atoms. The second-order valence-corrected chi connectivity index (χ2v) is 4.56. The number of hydrogen-bond donors (Lipinski definition) is 2. The Hall–Kier alpha value is -1.10. The molecule has 2 unspecified atom stereocenters. The molecule has 5 nitrogen and oxygen atoms in total. The van der Waals surface area contributed by atoms with Gasteiger partial charge in [0, 0.05) is 6.61 Å². The van der Waals surface area contributed by atoms with E-state index in [-0.39, 0.29) is 24.3 Å². The molecule has 0 bridgehead atoms. The van der Waals surface area contributed by atoms with Crippen molar-refractivity contribution in [1.82, 2.24) is 5.32 Å². The molecular formula is C11H17NO4. The van der Waals surface area contributed by atoms with Crippen LogP contribution in [-0.2, 0) is 14.3 Å². The Balaban J connectivity index is 1.77. The lowest BCUT2D eigenvalue weighted by Crippen LogP contribution is -2.43. The molecule has 1 saturated heterocycles. The highest BCUT2D eigenvalue weighted by Gasteiger charge is 2.37. The van der Waals surface area contributed by atoms with Crippen LogP contribution in [0, 0.1) is 5.92 Å². The quantitative estimate of drug-likeness (QED) is 0.718. The number of hydrogen-bond acceptors (Lipinski definition) is 3. The lowest BCUT2D eigenvalue weighted by Gasteiger charge is -2.15. The summed E-state index contributed by atoms with van der Waals surface area (Å²) < 4.78 is 5.33. The van der Waals surface area contributed by atoms with Crippen LogP contribution in [0.4, 0.5) is 0 Å². The fourth-order valence-electron chi connectivity index (χ4n) is 2.06. The molecule has 1 aliphatic carbocycles. The summed E-state index contributed by atoms with van der Waals surface area (Å²) in [4.78, 5) is 22.5. The molecule has 0 aromatic rings. The Morgan fingerprint density at radius 1 is 1.38 bits per heavy atom. The summed E-state index contributed by atoms with van der Waals surface area (Å²) in [6.07, 6.45) is 3.95. The fourth-order valence-corrected chi connectivity index (χ4v) is 2.06. The first kappa shape index (κ1) is 11.4. The van der Waals surface area contributed by atoms with Crippen LogP contribution < -0.4 is 5.32 Å². The molecule has 2 N–H and O–H groups in total. The van der Waals surface area contributed by atoms with E-state index in [2.05, 4.69) is 5.32 Å². The van der Waals surface area contributed by atoms with Gasteiger partial charge in [-0.3, -0.25) is 4.79 Å². The topological polar surface area (TPSA) is 75.6 Å². The van der Waals surface area contributed by atoms with Gasteiger partial charge in [-0.1, -0.05) is 0 Å². The molecule has 90 valence electrons. The smallest absolute Gasteiger partial charge is 0.326 e. The zero-order chi connectivity index (χ0) is 11.5. The van der Waals surface area contributed by atoms with E-state index in [9.17, 15) is 9.59 Å². The lowest BCUT2D eigenvalue weighted by atomic mass is 10.1. The Bertz CT molecular complexity index is 282. The van der Waals surface area contributed by atoms with Crippen LogP contribution >= 0.6 is 0 Å². The number of ether oxygens (including phenoxy) is 1. The maximum atomic E-state index is 11.6. The normalized spacial score (nSPS) is 26.4. The van der Waals surface area contributed by atoms with Crippen LogP contribution in [0.5, 0.6) is 0 Å². The first-order chi connectivity index (χ1) is 7.66. The first-order valence-corrected chi connectivity index (χ1v) is 5.80. The fraction of sp³-hybridized carbons (Fsp3) is 0.818. The standard InChI is InChI=1S/C11H17NO4/c13-9(6-8-2-1-5-16-8)12-10(11(14)15)7-3-4-7/h7-8,10H,1-6H2,(H,12,13)(H,14,15). The minimum absolute atomic E-state index is 0.0198. The van der Waals surface area contributed by atoms with Gasteiger partial charge in [-0.15, -0.1) is 0 Å². The molecule has 0 aromatic carbocycles. The van der Waals surface area contributed by atoms with E-state index in [0.717, 1.165) is 25.7 Å². The van der Waals surface area contributed by atoms with Crippen molar-refractivity contribution in [3.8, 4) is 0 Å². The summed E-state index contributed by atoms with van der Waals surface area (Å²) >= 11 is 0. The van der Waals surface area contributed by atoms with Crippen LogP contribution in [0.15, 0.2) is 0 Å². The van der Waals surface area contributed by atoms with Crippen molar-refractivity contribution in [3.63, 3.8) is 0 Å². The van der Waals surface area contributed by atoms with Crippen molar-refractivity contribution < 1.29 is 19.4 Å². The molecular weight excluding hydrogens is 210 g/mol. The van der Waals surface area contributed by atoms with E-state index in [0.29, 0.717) is 6.61 Å². The zero-order valence-corrected chi connectivity index (χ0v) is 9.15. The highest BCUT2D eigenvalue weighted by Crippen LogP contribution is 2.32. The molecule has 1 aliphatic heterocycles. The zero-order valence-electron chi connectivity index (χ0n) is 9.15. The predicted octanol–water partition coefficient (Wildman–Crippen LogP) is 0.535. The first-order valence-electron chi connectivity index (χ1n) is 5.80. The summed E-state index contributed by atoms with van der Waals surface area (Å²) in [5.74, 6) is -1.000. The van der Waals surface area contributed by atoms with Crippen LogP contribution in [0.3, 0.4) is 0 Å². The minimum Gasteiger partial charge on any atom is -0.480 e. The van der Waals surface area contributed by atoms with Crippen molar-refractivity contribution in [2.45, 2.75) is 44.2 Å². The summed E-state index contributed by atoms with van der Waals surface area (Å²) in [6.45, 7) is 0.711. The Morgan fingerprint density at radius 2 is 2.12 bits per heavy atom. The van der Waals surface area contributed by atoms with E-state index in [1.807, 2.05) is 0 Å². The Kier molecular flexibility index (Phi) is 3.43. The van der Waals surface area contributed by atoms with Gasteiger partial charge in [0.25, 0.3) is 0 Å². The Labute approximate surface area is 94.2 Å². The summed E-state index contributed by atoms with van der Waals surface area (Å²) in [6, 6.07) is -0.700. The van der Waals surface area contributed by atoms with E-state index in [1.165, 1.54) is 0 Å². The van der Waals surface area contributed by atoms with Crippen molar-refractivity contribution in [3.05, 3.63) is 0 Å². The van der Waals surface area contributed by atoms with Gasteiger partial charge in [0.15, 0.2) is 0 Å². The third kappa shape index (κ3) is 2.95. The average Bonchev–Trinajstić information content (AvgIpc) is 2.94. The van der Waals surface area contributed by atoms with E-state index in [1.54, 1.807) is 0 Å². The molecule has 2 fully saturated rings. The number of carboxylic acids is 1. The molecule has 2 rings (SSSR count). The van der Waals surface area contributed by atoms with Gasteiger partial charge in [0.1, 0.15) is 6.04 Å². The number of aliphatic carboxylic acids is 1. The highest BCUT2D eigenvalue weighted by molar-refractivity contribution is 5.84. The van der Waals surface area contributed by atoms with E-state index in [4.69, 9.17) is 9.84 Å². The maximum Gasteiger partial charge on any atom is 0.326 e. The van der Waals surface area contributed by atoms with Crippen molar-refractivity contribution in [1.29, 1.82) is 0 Å². The van der Waals surface area contributed by atoms with E-state index >= 15 is 0 Å². The lowest BCUT2D eigenvalue weighted by molar-refractivity contribution is -0.142.